The Morgan fingerprint density at radius 3 is 3.13 bits per heavy atom. The molecule has 0 aliphatic carbocycles. The average Bonchev–Trinajstić information content (AvgIpc) is 2.29. The summed E-state index contributed by atoms with van der Waals surface area (Å²) < 4.78 is 4.58. The highest BCUT2D eigenvalue weighted by Crippen LogP contribution is 2.33. The molecule has 1 aromatic rings. The maximum Gasteiger partial charge on any atom is 0.332 e. The maximum absolute atomic E-state index is 11.0. The molecule has 3 nitrogen and oxygen atoms in total. The predicted octanol–water partition coefficient (Wildman–Crippen LogP) is 2.26. The second-order valence-electron chi connectivity index (χ2n) is 3.10. The number of fused-ring (bicyclic) bond motifs is 1. The largest absolute Gasteiger partial charge is 0.466 e. The van der Waals surface area contributed by atoms with Crippen molar-refractivity contribution in [3.8, 4) is 0 Å². The number of thioether (sulfide) groups is 1. The van der Waals surface area contributed by atoms with Gasteiger partial charge in [-0.3, -0.25) is 0 Å². The van der Waals surface area contributed by atoms with Gasteiger partial charge in [0.05, 0.1) is 12.8 Å². The van der Waals surface area contributed by atoms with Crippen LogP contribution in [-0.2, 0) is 9.53 Å². The van der Waals surface area contributed by atoms with Crippen molar-refractivity contribution in [2.45, 2.75) is 4.90 Å². The van der Waals surface area contributed by atoms with Gasteiger partial charge in [-0.05, 0) is 12.1 Å². The van der Waals surface area contributed by atoms with E-state index in [0.29, 0.717) is 0 Å². The number of hydrogen-bond donors (Lipinski definition) is 1. The molecule has 1 heterocycles. The number of nitrogens with one attached hydrogen (secondary N) is 1. The molecule has 0 saturated carbocycles. The topological polar surface area (TPSA) is 38.3 Å². The molecule has 0 bridgehead atoms. The van der Waals surface area contributed by atoms with Gasteiger partial charge in [0.25, 0.3) is 0 Å². The summed E-state index contributed by atoms with van der Waals surface area (Å²) in [6.45, 7) is 0. The number of hydrogen-bond acceptors (Lipinski definition) is 4. The molecule has 0 saturated heterocycles. The van der Waals surface area contributed by atoms with Gasteiger partial charge < -0.3 is 10.1 Å². The first-order valence-electron chi connectivity index (χ1n) is 4.57. The Morgan fingerprint density at radius 1 is 1.53 bits per heavy atom. The molecule has 78 valence electrons. The Bertz CT molecular complexity index is 415. The van der Waals surface area contributed by atoms with Crippen molar-refractivity contribution in [1.82, 2.24) is 0 Å². The Balaban J connectivity index is 2.19. The third kappa shape index (κ3) is 2.33. The Labute approximate surface area is 92.5 Å². The molecule has 0 amide bonds. The Kier molecular flexibility index (Phi) is 2.97. The van der Waals surface area contributed by atoms with E-state index in [1.807, 2.05) is 18.2 Å². The van der Waals surface area contributed by atoms with Gasteiger partial charge in [-0.15, -0.1) is 11.8 Å². The lowest BCUT2D eigenvalue weighted by molar-refractivity contribution is -0.134. The number of carbonyl (C=O) groups is 1. The summed E-state index contributed by atoms with van der Waals surface area (Å²) >= 11 is 1.71. The number of carbonyl (C=O) groups excluding carboxylic acids is 1. The lowest BCUT2D eigenvalue weighted by atomic mass is 10.3. The number of benzene rings is 1. The fourth-order valence-corrected chi connectivity index (χ4v) is 2.26. The predicted molar refractivity (Wildman–Crippen MR) is 60.9 cm³/mol. The fraction of sp³-hybridized carbons (Fsp3) is 0.182. The molecular weight excluding hydrogens is 210 g/mol. The van der Waals surface area contributed by atoms with Crippen LogP contribution in [0.25, 0.3) is 0 Å². The number of para-hydroxylation sites is 1. The van der Waals surface area contributed by atoms with E-state index in [1.54, 1.807) is 11.8 Å². The quantitative estimate of drug-likeness (QED) is 0.583. The van der Waals surface area contributed by atoms with E-state index in [0.717, 1.165) is 17.1 Å². The highest BCUT2D eigenvalue weighted by atomic mass is 32.2. The maximum atomic E-state index is 11.0. The minimum Gasteiger partial charge on any atom is -0.466 e. The van der Waals surface area contributed by atoms with Crippen LogP contribution in [0.15, 0.2) is 40.9 Å². The van der Waals surface area contributed by atoms with Gasteiger partial charge in [-0.2, -0.15) is 0 Å². The summed E-state index contributed by atoms with van der Waals surface area (Å²) in [6, 6.07) is 8.02. The zero-order chi connectivity index (χ0) is 10.7. The summed E-state index contributed by atoms with van der Waals surface area (Å²) in [5, 5.41) is 3.20. The summed E-state index contributed by atoms with van der Waals surface area (Å²) in [4.78, 5) is 12.3. The molecule has 0 radical (unpaired) electrons. The van der Waals surface area contributed by atoms with Crippen LogP contribution in [0, 0.1) is 0 Å². The van der Waals surface area contributed by atoms with Gasteiger partial charge in [-0.1, -0.05) is 12.1 Å². The van der Waals surface area contributed by atoms with Crippen molar-refractivity contribution in [1.29, 1.82) is 0 Å². The molecular formula is C11H11NO2S. The average molecular weight is 221 g/mol. The lowest BCUT2D eigenvalue weighted by Crippen LogP contribution is -2.11. The van der Waals surface area contributed by atoms with Crippen LogP contribution < -0.4 is 5.32 Å². The first-order chi connectivity index (χ1) is 7.29. The van der Waals surface area contributed by atoms with Crippen LogP contribution in [0.5, 0.6) is 0 Å². The molecule has 1 N–H and O–H groups in total. The van der Waals surface area contributed by atoms with Crippen molar-refractivity contribution < 1.29 is 9.53 Å². The first-order valence-corrected chi connectivity index (χ1v) is 5.55. The highest BCUT2D eigenvalue weighted by Gasteiger charge is 2.12. The van der Waals surface area contributed by atoms with Gasteiger partial charge in [0.2, 0.25) is 0 Å². The van der Waals surface area contributed by atoms with E-state index in [2.05, 4.69) is 16.1 Å². The van der Waals surface area contributed by atoms with Crippen LogP contribution in [0.3, 0.4) is 0 Å². The summed E-state index contributed by atoms with van der Waals surface area (Å²) in [7, 11) is 1.38. The normalized spacial score (nSPS) is 16.7. The van der Waals surface area contributed by atoms with Crippen LogP contribution in [-0.4, -0.2) is 18.8 Å². The van der Waals surface area contributed by atoms with Crippen molar-refractivity contribution in [3.05, 3.63) is 36.0 Å². The van der Waals surface area contributed by atoms with Crippen LogP contribution in [0.1, 0.15) is 0 Å². The third-order valence-corrected chi connectivity index (χ3v) is 3.18. The highest BCUT2D eigenvalue weighted by molar-refractivity contribution is 7.99. The molecule has 15 heavy (non-hydrogen) atoms. The van der Waals surface area contributed by atoms with E-state index in [-0.39, 0.29) is 5.97 Å². The number of rotatable bonds is 1. The van der Waals surface area contributed by atoms with E-state index >= 15 is 0 Å². The molecule has 4 heteroatoms. The SMILES string of the molecule is COC(=O)/C=C1/CSc2ccccc2N1. The summed E-state index contributed by atoms with van der Waals surface area (Å²) in [5.41, 5.74) is 1.93. The van der Waals surface area contributed by atoms with Crippen molar-refractivity contribution in [2.24, 2.45) is 0 Å². The number of esters is 1. The van der Waals surface area contributed by atoms with Crippen molar-refractivity contribution >= 4 is 23.4 Å². The minimum atomic E-state index is -0.322. The standard InChI is InChI=1S/C11H11NO2S/c1-14-11(13)6-8-7-15-10-5-3-2-4-9(10)12-8/h2-6,12H,7H2,1H3/b8-6-. The zero-order valence-corrected chi connectivity index (χ0v) is 9.14. The van der Waals surface area contributed by atoms with Gasteiger partial charge in [0, 0.05) is 22.4 Å². The van der Waals surface area contributed by atoms with E-state index in [1.165, 1.54) is 18.1 Å². The monoisotopic (exact) mass is 221 g/mol. The molecule has 1 aromatic carbocycles. The smallest absolute Gasteiger partial charge is 0.332 e. The van der Waals surface area contributed by atoms with Gasteiger partial charge >= 0.3 is 5.97 Å². The van der Waals surface area contributed by atoms with Gasteiger partial charge in [0.1, 0.15) is 0 Å². The molecule has 0 spiro atoms. The summed E-state index contributed by atoms with van der Waals surface area (Å²) in [6.07, 6.45) is 1.49. The Morgan fingerprint density at radius 2 is 2.33 bits per heavy atom. The third-order valence-electron chi connectivity index (χ3n) is 2.06. The fourth-order valence-electron chi connectivity index (χ4n) is 1.34. The van der Waals surface area contributed by atoms with Crippen LogP contribution in [0.4, 0.5) is 5.69 Å². The summed E-state index contributed by atoms with van der Waals surface area (Å²) in [5.74, 6) is 0.448. The first kappa shape index (κ1) is 10.1. The molecule has 1 aliphatic rings. The van der Waals surface area contributed by atoms with Gasteiger partial charge in [-0.25, -0.2) is 4.79 Å². The molecule has 0 atom stereocenters. The molecule has 1 aliphatic heterocycles. The van der Waals surface area contributed by atoms with E-state index in [9.17, 15) is 4.79 Å². The van der Waals surface area contributed by atoms with E-state index in [4.69, 9.17) is 0 Å². The second-order valence-corrected chi connectivity index (χ2v) is 4.12. The number of anilines is 1. The van der Waals surface area contributed by atoms with Crippen LogP contribution in [0.2, 0.25) is 0 Å². The molecule has 0 fully saturated rings. The number of methoxy groups -OCH3 is 1. The van der Waals surface area contributed by atoms with E-state index < -0.39 is 0 Å². The molecule has 2 rings (SSSR count). The molecule has 0 aromatic heterocycles. The van der Waals surface area contributed by atoms with Crippen molar-refractivity contribution in [3.63, 3.8) is 0 Å². The minimum absolute atomic E-state index is 0.322. The van der Waals surface area contributed by atoms with Crippen molar-refractivity contribution in [2.75, 3.05) is 18.2 Å². The zero-order valence-electron chi connectivity index (χ0n) is 8.32. The van der Waals surface area contributed by atoms with Crippen LogP contribution >= 0.6 is 11.8 Å². The molecule has 0 unspecified atom stereocenters. The number of ether oxygens (including phenoxy) is 1. The lowest BCUT2D eigenvalue weighted by Gasteiger charge is -2.19. The second kappa shape index (κ2) is 4.40. The Hall–Kier alpha value is -1.42. The van der Waals surface area contributed by atoms with Gasteiger partial charge in [0.15, 0.2) is 0 Å².